The average Bonchev–Trinajstić information content (AvgIpc) is 2.84. The Morgan fingerprint density at radius 1 is 1.29 bits per heavy atom. The lowest BCUT2D eigenvalue weighted by Gasteiger charge is -2.05. The zero-order chi connectivity index (χ0) is 15.6. The molecule has 2 heterocycles. The van der Waals surface area contributed by atoms with Gasteiger partial charge in [0.05, 0.1) is 5.52 Å². The van der Waals surface area contributed by atoms with Crippen LogP contribution in [0.1, 0.15) is 51.4 Å². The van der Waals surface area contributed by atoms with Crippen molar-refractivity contribution in [3.8, 4) is 0 Å². The van der Waals surface area contributed by atoms with Gasteiger partial charge in [0, 0.05) is 18.7 Å². The Kier molecular flexibility index (Phi) is 4.68. The van der Waals surface area contributed by atoms with E-state index >= 15 is 0 Å². The number of fused-ring (bicyclic) bond motifs is 1. The number of hydrogen-bond donors (Lipinski definition) is 1. The van der Waals surface area contributed by atoms with Gasteiger partial charge in [-0.1, -0.05) is 33.8 Å². The Labute approximate surface area is 126 Å². The van der Waals surface area contributed by atoms with Crippen LogP contribution in [0.15, 0.2) is 23.4 Å². The number of hydrogen-bond acceptors (Lipinski definition) is 3. The van der Waals surface area contributed by atoms with Gasteiger partial charge < -0.3 is 4.40 Å². The second-order valence-corrected chi connectivity index (χ2v) is 7.16. The molecule has 1 N–H and O–H groups in total. The fourth-order valence-corrected chi connectivity index (χ4v) is 3.51. The van der Waals surface area contributed by atoms with E-state index in [1.807, 2.05) is 43.5 Å². The van der Waals surface area contributed by atoms with Gasteiger partial charge in [0.25, 0.3) is 10.0 Å². The zero-order valence-electron chi connectivity index (χ0n) is 13.0. The summed E-state index contributed by atoms with van der Waals surface area (Å²) < 4.78 is 29.3. The van der Waals surface area contributed by atoms with Crippen LogP contribution >= 0.6 is 0 Å². The highest BCUT2D eigenvalue weighted by Gasteiger charge is 2.23. The molecule has 0 unspecified atom stereocenters. The Bertz CT molecular complexity index is 733. The monoisotopic (exact) mass is 309 g/mol. The van der Waals surface area contributed by atoms with Gasteiger partial charge in [-0.15, -0.1) is 0 Å². The van der Waals surface area contributed by atoms with Crippen molar-refractivity contribution in [3.05, 3.63) is 29.7 Å². The number of pyridine rings is 1. The molecule has 2 aromatic heterocycles. The molecule has 0 fully saturated rings. The molecule has 0 saturated carbocycles. The Morgan fingerprint density at radius 3 is 2.57 bits per heavy atom. The first-order valence-electron chi connectivity index (χ1n) is 7.41. The van der Waals surface area contributed by atoms with E-state index in [9.17, 15) is 8.42 Å². The molecule has 2 aromatic rings. The summed E-state index contributed by atoms with van der Waals surface area (Å²) in [4.78, 5) is 4.40. The lowest BCUT2D eigenvalue weighted by molar-refractivity contribution is 0.578. The van der Waals surface area contributed by atoms with Crippen LogP contribution in [0.2, 0.25) is 0 Å². The van der Waals surface area contributed by atoms with Crippen molar-refractivity contribution in [1.29, 1.82) is 0 Å². The van der Waals surface area contributed by atoms with Crippen LogP contribution in [-0.2, 0) is 16.4 Å². The van der Waals surface area contributed by atoms with Crippen molar-refractivity contribution >= 4 is 15.5 Å². The predicted octanol–water partition coefficient (Wildman–Crippen LogP) is 2.71. The van der Waals surface area contributed by atoms with E-state index in [0.29, 0.717) is 12.1 Å². The van der Waals surface area contributed by atoms with Crippen molar-refractivity contribution in [2.75, 3.05) is 6.54 Å². The number of aryl methyl sites for hydroxylation is 1. The van der Waals surface area contributed by atoms with Gasteiger partial charge in [-0.3, -0.25) is 0 Å². The Hall–Kier alpha value is -1.40. The average molecular weight is 309 g/mol. The van der Waals surface area contributed by atoms with Gasteiger partial charge in [-0.05, 0) is 24.5 Å². The van der Waals surface area contributed by atoms with Crippen LogP contribution < -0.4 is 4.72 Å². The maximum atomic E-state index is 12.4. The molecule has 0 radical (unpaired) electrons. The summed E-state index contributed by atoms with van der Waals surface area (Å²) >= 11 is 0. The summed E-state index contributed by atoms with van der Waals surface area (Å²) in [7, 11) is -3.56. The molecule has 0 atom stereocenters. The SMILES string of the molecule is CCCNS(=O)(=O)c1nc(C(C)C)n2cc(CC)ccc12. The van der Waals surface area contributed by atoms with E-state index < -0.39 is 10.0 Å². The van der Waals surface area contributed by atoms with Gasteiger partial charge in [-0.25, -0.2) is 18.1 Å². The summed E-state index contributed by atoms with van der Waals surface area (Å²) in [5.74, 6) is 0.928. The van der Waals surface area contributed by atoms with Gasteiger partial charge in [0.1, 0.15) is 5.82 Å². The molecular weight excluding hydrogens is 286 g/mol. The predicted molar refractivity (Wildman–Crippen MR) is 84.1 cm³/mol. The molecule has 0 aromatic carbocycles. The molecule has 0 bridgehead atoms. The van der Waals surface area contributed by atoms with Gasteiger partial charge in [0.15, 0.2) is 5.03 Å². The molecule has 6 heteroatoms. The molecule has 0 spiro atoms. The summed E-state index contributed by atoms with van der Waals surface area (Å²) in [6.45, 7) is 8.46. The minimum absolute atomic E-state index is 0.127. The molecule has 2 rings (SSSR count). The van der Waals surface area contributed by atoms with Crippen molar-refractivity contribution in [1.82, 2.24) is 14.1 Å². The fraction of sp³-hybridized carbons (Fsp3) is 0.533. The maximum Gasteiger partial charge on any atom is 0.260 e. The number of rotatable bonds is 6. The van der Waals surface area contributed by atoms with E-state index in [1.165, 1.54) is 0 Å². The summed E-state index contributed by atoms with van der Waals surface area (Å²) in [5, 5.41) is 0.127. The van der Waals surface area contributed by atoms with Crippen LogP contribution in [0.25, 0.3) is 5.52 Å². The van der Waals surface area contributed by atoms with E-state index in [2.05, 4.69) is 16.6 Å². The van der Waals surface area contributed by atoms with Crippen LogP contribution in [0, 0.1) is 0 Å². The third-order valence-corrected chi connectivity index (χ3v) is 4.81. The van der Waals surface area contributed by atoms with E-state index in [1.54, 1.807) is 0 Å². The van der Waals surface area contributed by atoms with Gasteiger partial charge in [-0.2, -0.15) is 0 Å². The number of imidazole rings is 1. The smallest absolute Gasteiger partial charge is 0.260 e. The third kappa shape index (κ3) is 3.11. The van der Waals surface area contributed by atoms with Crippen molar-refractivity contribution in [2.24, 2.45) is 0 Å². The molecule has 21 heavy (non-hydrogen) atoms. The van der Waals surface area contributed by atoms with Crippen molar-refractivity contribution in [3.63, 3.8) is 0 Å². The number of nitrogens with zero attached hydrogens (tertiary/aromatic N) is 2. The normalized spacial score (nSPS) is 12.4. The highest BCUT2D eigenvalue weighted by molar-refractivity contribution is 7.89. The number of sulfonamides is 1. The van der Waals surface area contributed by atoms with E-state index in [0.717, 1.165) is 24.2 Å². The fourth-order valence-electron chi connectivity index (χ4n) is 2.24. The van der Waals surface area contributed by atoms with Crippen LogP contribution in [0.4, 0.5) is 0 Å². The lowest BCUT2D eigenvalue weighted by Crippen LogP contribution is -2.25. The van der Waals surface area contributed by atoms with Crippen LogP contribution in [0.5, 0.6) is 0 Å². The van der Waals surface area contributed by atoms with Gasteiger partial charge >= 0.3 is 0 Å². The number of nitrogens with one attached hydrogen (secondary N) is 1. The van der Waals surface area contributed by atoms with Crippen molar-refractivity contribution in [2.45, 2.75) is 51.5 Å². The first kappa shape index (κ1) is 16.0. The number of aromatic nitrogens is 2. The topological polar surface area (TPSA) is 63.5 Å². The summed E-state index contributed by atoms with van der Waals surface area (Å²) in [5.41, 5.74) is 1.80. The molecular formula is C15H23N3O2S. The first-order chi connectivity index (χ1) is 9.90. The molecule has 0 aliphatic heterocycles. The van der Waals surface area contributed by atoms with Crippen LogP contribution in [-0.4, -0.2) is 24.3 Å². The second-order valence-electron chi connectivity index (χ2n) is 5.47. The minimum atomic E-state index is -3.56. The van der Waals surface area contributed by atoms with Gasteiger partial charge in [0.2, 0.25) is 0 Å². The highest BCUT2D eigenvalue weighted by Crippen LogP contribution is 2.23. The zero-order valence-corrected chi connectivity index (χ0v) is 13.9. The third-order valence-electron chi connectivity index (χ3n) is 3.41. The van der Waals surface area contributed by atoms with Crippen LogP contribution in [0.3, 0.4) is 0 Å². The molecule has 5 nitrogen and oxygen atoms in total. The molecule has 0 amide bonds. The molecule has 0 saturated heterocycles. The van der Waals surface area contributed by atoms with E-state index in [-0.39, 0.29) is 10.9 Å². The quantitative estimate of drug-likeness (QED) is 0.892. The van der Waals surface area contributed by atoms with E-state index in [4.69, 9.17) is 0 Å². The summed E-state index contributed by atoms with van der Waals surface area (Å²) in [6.07, 6.45) is 3.64. The largest absolute Gasteiger partial charge is 0.302 e. The molecule has 0 aliphatic carbocycles. The maximum absolute atomic E-state index is 12.4. The summed E-state index contributed by atoms with van der Waals surface area (Å²) in [6, 6.07) is 3.80. The Morgan fingerprint density at radius 2 is 2.00 bits per heavy atom. The highest BCUT2D eigenvalue weighted by atomic mass is 32.2. The lowest BCUT2D eigenvalue weighted by atomic mass is 10.2. The van der Waals surface area contributed by atoms with Crippen molar-refractivity contribution < 1.29 is 8.42 Å². The molecule has 116 valence electrons. The minimum Gasteiger partial charge on any atom is -0.302 e. The standard InChI is InChI=1S/C15H23N3O2S/c1-5-9-16-21(19,20)15-13-8-7-12(6-2)10-18(13)14(17-15)11(3)4/h7-8,10-11,16H,5-6,9H2,1-4H3. The first-order valence-corrected chi connectivity index (χ1v) is 8.89. The molecule has 0 aliphatic rings. The second kappa shape index (κ2) is 6.15. The Balaban J connectivity index is 2.65.